The maximum atomic E-state index is 12.2. The molecule has 1 amide bonds. The van der Waals surface area contributed by atoms with Crippen molar-refractivity contribution in [1.82, 2.24) is 10.3 Å². The highest BCUT2D eigenvalue weighted by Gasteiger charge is 2.26. The fourth-order valence-electron chi connectivity index (χ4n) is 2.73. The Bertz CT molecular complexity index is 544. The molecule has 0 unspecified atom stereocenters. The second-order valence-corrected chi connectivity index (χ2v) is 6.01. The average Bonchev–Trinajstić information content (AvgIpc) is 2.56. The Kier molecular flexibility index (Phi) is 5.96. The first kappa shape index (κ1) is 17.2. The van der Waals surface area contributed by atoms with E-state index >= 15 is 0 Å². The molecule has 0 saturated heterocycles. The molecule has 2 rings (SSSR count). The van der Waals surface area contributed by atoms with Crippen LogP contribution in [-0.2, 0) is 9.53 Å². The molecule has 0 aliphatic heterocycles. The number of pyridine rings is 1. The number of carbonyl (C=O) groups excluding carboxylic acids is 2. The number of aromatic nitrogens is 1. The molecule has 0 bridgehead atoms. The molecule has 6 nitrogen and oxygen atoms in total. The number of hydrogen-bond donors (Lipinski definition) is 1. The number of nitrogens with zero attached hydrogens (tertiary/aromatic N) is 1. The third-order valence-corrected chi connectivity index (χ3v) is 4.27. The number of methoxy groups -OCH3 is 1. The first-order chi connectivity index (χ1) is 11.0. The smallest absolute Gasteiger partial charge is 0.340 e. The van der Waals surface area contributed by atoms with E-state index in [9.17, 15) is 9.59 Å². The topological polar surface area (TPSA) is 77.5 Å². The zero-order chi connectivity index (χ0) is 16.8. The quantitative estimate of drug-likeness (QED) is 0.843. The highest BCUT2D eigenvalue weighted by molar-refractivity contribution is 5.92. The molecule has 126 valence electrons. The van der Waals surface area contributed by atoms with E-state index in [-0.39, 0.29) is 17.5 Å². The summed E-state index contributed by atoms with van der Waals surface area (Å²) in [6, 6.07) is 3.30. The van der Waals surface area contributed by atoms with E-state index in [1.54, 1.807) is 19.1 Å². The lowest BCUT2D eigenvalue weighted by Gasteiger charge is -2.30. The summed E-state index contributed by atoms with van der Waals surface area (Å²) in [6.45, 7) is 3.72. The van der Waals surface area contributed by atoms with Gasteiger partial charge in [-0.05, 0) is 31.7 Å². The first-order valence-corrected chi connectivity index (χ1v) is 8.02. The van der Waals surface area contributed by atoms with Gasteiger partial charge in [-0.15, -0.1) is 0 Å². The summed E-state index contributed by atoms with van der Waals surface area (Å²) in [7, 11) is 1.50. The highest BCUT2D eigenvalue weighted by atomic mass is 16.5. The van der Waals surface area contributed by atoms with Crippen LogP contribution in [-0.4, -0.2) is 36.1 Å². The van der Waals surface area contributed by atoms with Crippen molar-refractivity contribution in [2.75, 3.05) is 7.11 Å². The van der Waals surface area contributed by atoms with Gasteiger partial charge in [-0.3, -0.25) is 4.79 Å². The molecule has 0 spiro atoms. The maximum Gasteiger partial charge on any atom is 0.340 e. The number of carbonyl (C=O) groups is 2. The van der Waals surface area contributed by atoms with Gasteiger partial charge in [0.25, 0.3) is 5.91 Å². The van der Waals surface area contributed by atoms with Crippen molar-refractivity contribution < 1.29 is 19.1 Å². The van der Waals surface area contributed by atoms with Crippen LogP contribution in [0.1, 0.15) is 49.9 Å². The van der Waals surface area contributed by atoms with Gasteiger partial charge in [-0.25, -0.2) is 9.78 Å². The number of ether oxygens (including phenoxy) is 2. The molecule has 1 aliphatic rings. The molecule has 23 heavy (non-hydrogen) atoms. The van der Waals surface area contributed by atoms with Crippen molar-refractivity contribution in [2.24, 2.45) is 5.92 Å². The second kappa shape index (κ2) is 7.94. The van der Waals surface area contributed by atoms with Crippen LogP contribution in [0.4, 0.5) is 0 Å². The van der Waals surface area contributed by atoms with Gasteiger partial charge in [0, 0.05) is 18.3 Å². The minimum Gasteiger partial charge on any atom is -0.481 e. The van der Waals surface area contributed by atoms with Gasteiger partial charge in [0.2, 0.25) is 5.88 Å². The van der Waals surface area contributed by atoms with E-state index in [2.05, 4.69) is 17.2 Å². The van der Waals surface area contributed by atoms with Gasteiger partial charge in [0.05, 0.1) is 12.7 Å². The molecule has 1 saturated carbocycles. The van der Waals surface area contributed by atoms with E-state index in [0.717, 1.165) is 19.3 Å². The van der Waals surface area contributed by atoms with Crippen LogP contribution in [0.25, 0.3) is 0 Å². The molecule has 1 fully saturated rings. The summed E-state index contributed by atoms with van der Waals surface area (Å²) in [4.78, 5) is 28.2. The molecule has 0 aromatic carbocycles. The fraction of sp³-hybridized carbons (Fsp3) is 0.588. The SMILES string of the molecule is COc1ccc(C(=O)O[C@H](C)C(=O)N[C@H]2CCCC[C@H]2C)cn1. The van der Waals surface area contributed by atoms with Crippen LogP contribution in [0, 0.1) is 5.92 Å². The van der Waals surface area contributed by atoms with Gasteiger partial charge < -0.3 is 14.8 Å². The van der Waals surface area contributed by atoms with Gasteiger partial charge in [-0.1, -0.05) is 19.8 Å². The third kappa shape index (κ3) is 4.68. The van der Waals surface area contributed by atoms with Crippen molar-refractivity contribution in [1.29, 1.82) is 0 Å². The van der Waals surface area contributed by atoms with Gasteiger partial charge in [0.15, 0.2) is 6.10 Å². The summed E-state index contributed by atoms with van der Waals surface area (Å²) in [6.07, 6.45) is 4.98. The lowest BCUT2D eigenvalue weighted by molar-refractivity contribution is -0.130. The van der Waals surface area contributed by atoms with Crippen LogP contribution in [0.15, 0.2) is 18.3 Å². The summed E-state index contributed by atoms with van der Waals surface area (Å²) in [5.74, 6) is 0.0538. The Morgan fingerprint density at radius 2 is 2.04 bits per heavy atom. The van der Waals surface area contributed by atoms with E-state index < -0.39 is 12.1 Å². The molecule has 6 heteroatoms. The van der Waals surface area contributed by atoms with Gasteiger partial charge in [-0.2, -0.15) is 0 Å². The Hall–Kier alpha value is -2.11. The Morgan fingerprint density at radius 3 is 2.65 bits per heavy atom. The summed E-state index contributed by atoms with van der Waals surface area (Å²) in [5, 5.41) is 2.99. The Labute approximate surface area is 136 Å². The molecule has 1 aromatic heterocycles. The number of nitrogens with one attached hydrogen (secondary N) is 1. The predicted molar refractivity (Wildman–Crippen MR) is 85.2 cm³/mol. The Balaban J connectivity index is 1.87. The van der Waals surface area contributed by atoms with E-state index in [4.69, 9.17) is 9.47 Å². The van der Waals surface area contributed by atoms with E-state index in [1.165, 1.54) is 19.7 Å². The van der Waals surface area contributed by atoms with Crippen LogP contribution in [0.3, 0.4) is 0 Å². The number of esters is 1. The van der Waals surface area contributed by atoms with Crippen molar-refractivity contribution in [3.05, 3.63) is 23.9 Å². The molecular formula is C17H24N2O4. The third-order valence-electron chi connectivity index (χ3n) is 4.27. The van der Waals surface area contributed by atoms with Gasteiger partial charge >= 0.3 is 5.97 Å². The zero-order valence-electron chi connectivity index (χ0n) is 13.9. The van der Waals surface area contributed by atoms with Crippen molar-refractivity contribution in [2.45, 2.75) is 51.7 Å². The molecular weight excluding hydrogens is 296 g/mol. The number of hydrogen-bond acceptors (Lipinski definition) is 5. The summed E-state index contributed by atoms with van der Waals surface area (Å²) < 4.78 is 10.2. The average molecular weight is 320 g/mol. The largest absolute Gasteiger partial charge is 0.481 e. The minimum atomic E-state index is -0.835. The van der Waals surface area contributed by atoms with Crippen LogP contribution >= 0.6 is 0 Å². The molecule has 1 heterocycles. The number of rotatable bonds is 5. The standard InChI is InChI=1S/C17H24N2O4/c1-11-6-4-5-7-14(11)19-16(20)12(2)23-17(21)13-8-9-15(22-3)18-10-13/h8-12,14H,4-7H2,1-3H3,(H,19,20)/t11-,12-,14+/m1/s1. The summed E-state index contributed by atoms with van der Waals surface area (Å²) >= 11 is 0. The molecule has 1 aromatic rings. The van der Waals surface area contributed by atoms with Crippen LogP contribution in [0.5, 0.6) is 5.88 Å². The lowest BCUT2D eigenvalue weighted by Crippen LogP contribution is -2.45. The minimum absolute atomic E-state index is 0.167. The molecule has 0 radical (unpaired) electrons. The van der Waals surface area contributed by atoms with E-state index in [1.807, 2.05) is 0 Å². The van der Waals surface area contributed by atoms with Crippen LogP contribution < -0.4 is 10.1 Å². The predicted octanol–water partition coefficient (Wildman–Crippen LogP) is 2.33. The Morgan fingerprint density at radius 1 is 1.30 bits per heavy atom. The maximum absolute atomic E-state index is 12.2. The highest BCUT2D eigenvalue weighted by Crippen LogP contribution is 2.23. The summed E-state index contributed by atoms with van der Waals surface area (Å²) in [5.41, 5.74) is 0.288. The first-order valence-electron chi connectivity index (χ1n) is 8.02. The van der Waals surface area contributed by atoms with Crippen molar-refractivity contribution >= 4 is 11.9 Å². The lowest BCUT2D eigenvalue weighted by atomic mass is 9.86. The van der Waals surface area contributed by atoms with E-state index in [0.29, 0.717) is 11.8 Å². The normalized spacial score (nSPS) is 22.0. The molecule has 3 atom stereocenters. The molecule has 1 aliphatic carbocycles. The van der Waals surface area contributed by atoms with Gasteiger partial charge in [0.1, 0.15) is 0 Å². The monoisotopic (exact) mass is 320 g/mol. The van der Waals surface area contributed by atoms with Crippen molar-refractivity contribution in [3.8, 4) is 5.88 Å². The van der Waals surface area contributed by atoms with Crippen LogP contribution in [0.2, 0.25) is 0 Å². The second-order valence-electron chi connectivity index (χ2n) is 6.01. The fourth-order valence-corrected chi connectivity index (χ4v) is 2.73. The van der Waals surface area contributed by atoms with Crippen molar-refractivity contribution in [3.63, 3.8) is 0 Å². The molecule has 1 N–H and O–H groups in total. The zero-order valence-corrected chi connectivity index (χ0v) is 13.9. The number of amides is 1.